The topological polar surface area (TPSA) is 84.0 Å². The zero-order valence-electron chi connectivity index (χ0n) is 15.8. The molecule has 2 N–H and O–H groups in total. The van der Waals surface area contributed by atoms with Crippen molar-refractivity contribution in [3.8, 4) is 0 Å². The molecule has 0 atom stereocenters. The molecule has 3 aromatic rings. The lowest BCUT2D eigenvalue weighted by Crippen LogP contribution is -2.52. The van der Waals surface area contributed by atoms with Gasteiger partial charge in [0, 0.05) is 0 Å². The van der Waals surface area contributed by atoms with Gasteiger partial charge in [-0.2, -0.15) is 13.2 Å². The lowest BCUT2D eigenvalue weighted by atomic mass is 9.71. The molecule has 1 aliphatic rings. The number of carbonyl (C=O) groups excluding carboxylic acids is 1. The van der Waals surface area contributed by atoms with E-state index >= 15 is 0 Å². The number of rotatable bonds is 4. The molecule has 6 nitrogen and oxygen atoms in total. The molecule has 1 amide bonds. The van der Waals surface area contributed by atoms with Crippen molar-refractivity contribution in [2.75, 3.05) is 0 Å². The van der Waals surface area contributed by atoms with Crippen molar-refractivity contribution in [2.45, 2.75) is 37.5 Å². The maximum absolute atomic E-state index is 13.1. The second kappa shape index (κ2) is 7.16. The summed E-state index contributed by atoms with van der Waals surface area (Å²) in [6.45, 7) is -0.445. The van der Waals surface area contributed by atoms with Crippen LogP contribution in [0.5, 0.6) is 0 Å². The van der Waals surface area contributed by atoms with Crippen LogP contribution in [0.2, 0.25) is 0 Å². The maximum Gasteiger partial charge on any atom is 0.416 e. The fourth-order valence-corrected chi connectivity index (χ4v) is 3.82. The smallest absolute Gasteiger partial charge is 0.345 e. The van der Waals surface area contributed by atoms with Crippen LogP contribution in [0.25, 0.3) is 10.8 Å². The minimum absolute atomic E-state index is 0.185. The Morgan fingerprint density at radius 1 is 1.07 bits per heavy atom. The fourth-order valence-electron chi connectivity index (χ4n) is 3.82. The lowest BCUT2D eigenvalue weighted by molar-refractivity contribution is -0.137. The van der Waals surface area contributed by atoms with Gasteiger partial charge >= 0.3 is 6.18 Å². The molecule has 1 aromatic heterocycles. The van der Waals surface area contributed by atoms with E-state index in [1.54, 1.807) is 18.2 Å². The molecule has 1 fully saturated rings. The van der Waals surface area contributed by atoms with Gasteiger partial charge in [-0.15, -0.1) is 0 Å². The largest absolute Gasteiger partial charge is 0.416 e. The van der Waals surface area contributed by atoms with Gasteiger partial charge in [-0.3, -0.25) is 19.5 Å². The van der Waals surface area contributed by atoms with E-state index in [1.807, 2.05) is 0 Å². The molecule has 1 saturated carbocycles. The number of aromatic amines is 1. The number of hydrogen-bond donors (Lipinski definition) is 2. The van der Waals surface area contributed by atoms with Gasteiger partial charge in [-0.25, -0.2) is 4.68 Å². The highest BCUT2D eigenvalue weighted by molar-refractivity contribution is 5.81. The molecule has 0 aliphatic heterocycles. The Morgan fingerprint density at radius 3 is 2.40 bits per heavy atom. The van der Waals surface area contributed by atoms with Crippen LogP contribution >= 0.6 is 0 Å². The van der Waals surface area contributed by atoms with Crippen molar-refractivity contribution in [3.63, 3.8) is 0 Å². The van der Waals surface area contributed by atoms with Crippen LogP contribution in [0.3, 0.4) is 0 Å². The van der Waals surface area contributed by atoms with Crippen molar-refractivity contribution in [1.82, 2.24) is 15.1 Å². The number of carbonyl (C=O) groups is 1. The summed E-state index contributed by atoms with van der Waals surface area (Å²) in [4.78, 5) is 37.4. The van der Waals surface area contributed by atoms with Gasteiger partial charge in [0.05, 0.1) is 21.9 Å². The Balaban J connectivity index is 1.61. The molecule has 0 radical (unpaired) electrons. The van der Waals surface area contributed by atoms with E-state index in [4.69, 9.17) is 0 Å². The molecule has 0 unspecified atom stereocenters. The highest BCUT2D eigenvalue weighted by atomic mass is 19.4. The molecular formula is C21H18F3N3O3. The third-order valence-electron chi connectivity index (χ3n) is 5.51. The van der Waals surface area contributed by atoms with Crippen LogP contribution in [-0.4, -0.2) is 15.7 Å². The minimum atomic E-state index is -4.48. The lowest BCUT2D eigenvalue weighted by Gasteiger charge is -2.43. The Morgan fingerprint density at radius 2 is 1.77 bits per heavy atom. The van der Waals surface area contributed by atoms with Crippen LogP contribution < -0.4 is 16.4 Å². The van der Waals surface area contributed by atoms with Gasteiger partial charge in [0.25, 0.3) is 11.1 Å². The second-order valence-electron chi connectivity index (χ2n) is 7.44. The minimum Gasteiger partial charge on any atom is -0.345 e. The summed E-state index contributed by atoms with van der Waals surface area (Å²) in [7, 11) is 0. The summed E-state index contributed by atoms with van der Waals surface area (Å²) in [6.07, 6.45) is -2.75. The highest BCUT2D eigenvalue weighted by Gasteiger charge is 2.41. The van der Waals surface area contributed by atoms with E-state index in [0.29, 0.717) is 18.4 Å². The average Bonchev–Trinajstić information content (AvgIpc) is 2.68. The van der Waals surface area contributed by atoms with Crippen LogP contribution in [0, 0.1) is 0 Å². The predicted octanol–water partition coefficient (Wildman–Crippen LogP) is 2.90. The van der Waals surface area contributed by atoms with E-state index in [-0.39, 0.29) is 10.8 Å². The molecule has 2 aromatic carbocycles. The van der Waals surface area contributed by atoms with Crippen molar-refractivity contribution in [2.24, 2.45) is 0 Å². The molecule has 1 aliphatic carbocycles. The molecule has 9 heteroatoms. The number of nitrogens with one attached hydrogen (secondary N) is 2. The highest BCUT2D eigenvalue weighted by Crippen LogP contribution is 2.42. The van der Waals surface area contributed by atoms with Gasteiger partial charge in [-0.05, 0) is 49.1 Å². The molecule has 0 bridgehead atoms. The van der Waals surface area contributed by atoms with Gasteiger partial charge in [0.1, 0.15) is 6.54 Å². The summed E-state index contributed by atoms with van der Waals surface area (Å²) in [5.41, 5.74) is -2.36. The van der Waals surface area contributed by atoms with Crippen molar-refractivity contribution < 1.29 is 18.0 Å². The Labute approximate surface area is 168 Å². The van der Waals surface area contributed by atoms with Crippen LogP contribution in [0.15, 0.2) is 58.1 Å². The number of aromatic nitrogens is 2. The number of benzene rings is 2. The fraction of sp³-hybridized carbons (Fsp3) is 0.286. The number of alkyl halides is 3. The second-order valence-corrected chi connectivity index (χ2v) is 7.44. The van der Waals surface area contributed by atoms with Crippen molar-refractivity contribution in [3.05, 3.63) is 80.4 Å². The van der Waals surface area contributed by atoms with Crippen LogP contribution in [0.4, 0.5) is 13.2 Å². The normalized spacial score (nSPS) is 15.6. The summed E-state index contributed by atoms with van der Waals surface area (Å²) in [5.74, 6) is -0.569. The summed E-state index contributed by atoms with van der Waals surface area (Å²) < 4.78 is 40.2. The molecule has 0 spiro atoms. The van der Waals surface area contributed by atoms with E-state index in [9.17, 15) is 27.6 Å². The SMILES string of the molecule is O=C(Cn1[nH]c(=O)c2ccccc2c1=O)NC1(c2cccc(C(F)(F)F)c2)CCC1. The molecule has 156 valence electrons. The Bertz CT molecular complexity index is 1240. The molecule has 1 heterocycles. The number of nitrogens with zero attached hydrogens (tertiary/aromatic N) is 1. The van der Waals surface area contributed by atoms with E-state index in [1.165, 1.54) is 18.2 Å². The first kappa shape index (κ1) is 19.9. The first-order valence-corrected chi connectivity index (χ1v) is 9.40. The third kappa shape index (κ3) is 3.51. The molecule has 30 heavy (non-hydrogen) atoms. The number of H-pyrrole nitrogens is 1. The quantitative estimate of drug-likeness (QED) is 0.685. The number of amides is 1. The van der Waals surface area contributed by atoms with Gasteiger partial charge in [-0.1, -0.05) is 24.3 Å². The summed E-state index contributed by atoms with van der Waals surface area (Å²) in [6, 6.07) is 11.2. The average molecular weight is 417 g/mol. The molecule has 0 saturated heterocycles. The van der Waals surface area contributed by atoms with Crippen LogP contribution in [-0.2, 0) is 23.1 Å². The van der Waals surface area contributed by atoms with Gasteiger partial charge < -0.3 is 5.32 Å². The monoisotopic (exact) mass is 417 g/mol. The first-order valence-electron chi connectivity index (χ1n) is 9.40. The van der Waals surface area contributed by atoms with Crippen molar-refractivity contribution in [1.29, 1.82) is 0 Å². The number of halogens is 3. The van der Waals surface area contributed by atoms with Gasteiger partial charge in [0.15, 0.2) is 0 Å². The van der Waals surface area contributed by atoms with E-state index in [0.717, 1.165) is 23.2 Å². The molecule has 4 rings (SSSR count). The number of fused-ring (bicyclic) bond motifs is 1. The Hall–Kier alpha value is -3.36. The van der Waals surface area contributed by atoms with Crippen molar-refractivity contribution >= 4 is 16.7 Å². The number of hydrogen-bond acceptors (Lipinski definition) is 3. The van der Waals surface area contributed by atoms with E-state index in [2.05, 4.69) is 10.4 Å². The zero-order chi connectivity index (χ0) is 21.5. The molecular weight excluding hydrogens is 399 g/mol. The summed E-state index contributed by atoms with van der Waals surface area (Å²) in [5, 5.41) is 5.57. The van der Waals surface area contributed by atoms with Crippen LogP contribution in [0.1, 0.15) is 30.4 Å². The Kier molecular flexibility index (Phi) is 4.76. The zero-order valence-corrected chi connectivity index (χ0v) is 15.8. The third-order valence-corrected chi connectivity index (χ3v) is 5.51. The standard InChI is InChI=1S/C21H18F3N3O3/c22-21(23,24)14-6-3-5-13(11-14)20(9-4-10-20)25-17(28)12-27-19(30)16-8-2-1-7-15(16)18(29)26-27/h1-3,5-8,11H,4,9-10,12H2,(H,25,28)(H,26,29). The van der Waals surface area contributed by atoms with E-state index < -0.39 is 40.8 Å². The maximum atomic E-state index is 13.1. The summed E-state index contributed by atoms with van der Waals surface area (Å²) >= 11 is 0. The first-order chi connectivity index (χ1) is 14.2. The van der Waals surface area contributed by atoms with Gasteiger partial charge in [0.2, 0.25) is 5.91 Å². The predicted molar refractivity (Wildman–Crippen MR) is 104 cm³/mol.